The van der Waals surface area contributed by atoms with Crippen molar-refractivity contribution in [2.24, 2.45) is 5.92 Å². The van der Waals surface area contributed by atoms with Crippen LogP contribution in [0.5, 0.6) is 0 Å². The van der Waals surface area contributed by atoms with E-state index in [2.05, 4.69) is 10.6 Å². The van der Waals surface area contributed by atoms with Gasteiger partial charge in [-0.2, -0.15) is 13.2 Å². The van der Waals surface area contributed by atoms with Crippen molar-refractivity contribution in [1.82, 2.24) is 15.5 Å². The molecule has 1 aliphatic heterocycles. The van der Waals surface area contributed by atoms with Crippen molar-refractivity contribution in [3.8, 4) is 0 Å². The van der Waals surface area contributed by atoms with Crippen LogP contribution in [-0.4, -0.2) is 55.7 Å². The minimum absolute atomic E-state index is 0.118. The normalized spacial score (nSPS) is 23.8. The van der Waals surface area contributed by atoms with E-state index in [-0.39, 0.29) is 18.4 Å². The van der Waals surface area contributed by atoms with E-state index in [1.54, 1.807) is 0 Å². The lowest BCUT2D eigenvalue weighted by Gasteiger charge is -2.36. The van der Waals surface area contributed by atoms with Crippen LogP contribution in [-0.2, 0) is 4.79 Å². The molecule has 1 amide bonds. The number of piperazine rings is 1. The molecule has 4 nitrogen and oxygen atoms in total. The number of hydrogen-bond donors (Lipinski definition) is 2. The van der Waals surface area contributed by atoms with E-state index in [1.807, 2.05) is 0 Å². The summed E-state index contributed by atoms with van der Waals surface area (Å²) >= 11 is 0. The first-order valence-corrected chi connectivity index (χ1v) is 8.77. The van der Waals surface area contributed by atoms with Gasteiger partial charge < -0.3 is 10.6 Å². The van der Waals surface area contributed by atoms with E-state index in [4.69, 9.17) is 0 Å². The Bertz CT molecular complexity index is 362. The fourth-order valence-electron chi connectivity index (χ4n) is 3.51. The number of carbonyl (C=O) groups is 1. The van der Waals surface area contributed by atoms with Crippen LogP contribution in [0.4, 0.5) is 13.2 Å². The minimum Gasteiger partial charge on any atom is -0.354 e. The predicted octanol–water partition coefficient (Wildman–Crippen LogP) is 2.30. The van der Waals surface area contributed by atoms with Crippen molar-refractivity contribution in [1.29, 1.82) is 0 Å². The molecule has 1 atom stereocenters. The van der Waals surface area contributed by atoms with Crippen LogP contribution in [0.25, 0.3) is 0 Å². The molecule has 0 radical (unpaired) electrons. The maximum atomic E-state index is 13.3. The van der Waals surface area contributed by atoms with Gasteiger partial charge in [-0.15, -0.1) is 0 Å². The van der Waals surface area contributed by atoms with E-state index in [0.717, 1.165) is 38.5 Å². The minimum atomic E-state index is -4.31. The molecule has 1 saturated heterocycles. The number of halogens is 3. The molecule has 2 N–H and O–H groups in total. The largest absolute Gasteiger partial charge is 0.405 e. The van der Waals surface area contributed by atoms with Crippen molar-refractivity contribution in [3.63, 3.8) is 0 Å². The first-order valence-electron chi connectivity index (χ1n) is 8.77. The third kappa shape index (κ3) is 5.95. The molecule has 0 aromatic carbocycles. The molecule has 134 valence electrons. The zero-order valence-corrected chi connectivity index (χ0v) is 13.6. The highest BCUT2D eigenvalue weighted by Crippen LogP contribution is 2.26. The van der Waals surface area contributed by atoms with E-state index < -0.39 is 12.2 Å². The zero-order valence-electron chi connectivity index (χ0n) is 13.6. The number of carbonyl (C=O) groups excluding carboxylic acids is 1. The number of nitrogens with one attached hydrogen (secondary N) is 2. The van der Waals surface area contributed by atoms with E-state index in [1.165, 1.54) is 11.3 Å². The summed E-state index contributed by atoms with van der Waals surface area (Å²) in [6.07, 6.45) is 2.73. The first kappa shape index (κ1) is 18.5. The monoisotopic (exact) mass is 335 g/mol. The molecule has 1 aliphatic carbocycles. The van der Waals surface area contributed by atoms with Gasteiger partial charge in [0.2, 0.25) is 5.91 Å². The van der Waals surface area contributed by atoms with Crippen molar-refractivity contribution < 1.29 is 18.0 Å². The van der Waals surface area contributed by atoms with Gasteiger partial charge in [-0.1, -0.05) is 32.1 Å². The van der Waals surface area contributed by atoms with E-state index >= 15 is 0 Å². The van der Waals surface area contributed by atoms with Gasteiger partial charge in [0, 0.05) is 38.6 Å². The van der Waals surface area contributed by atoms with Gasteiger partial charge in [0.15, 0.2) is 0 Å². The van der Waals surface area contributed by atoms with Gasteiger partial charge in [-0.25, -0.2) is 0 Å². The Labute approximate surface area is 136 Å². The summed E-state index contributed by atoms with van der Waals surface area (Å²) in [6.45, 7) is 1.51. The molecule has 7 heteroatoms. The maximum absolute atomic E-state index is 13.3. The molecule has 0 aromatic heterocycles. The predicted molar refractivity (Wildman–Crippen MR) is 83.1 cm³/mol. The highest BCUT2D eigenvalue weighted by Gasteiger charge is 2.44. The number of rotatable bonds is 4. The second-order valence-electron chi connectivity index (χ2n) is 6.63. The molecule has 1 heterocycles. The smallest absolute Gasteiger partial charge is 0.354 e. The topological polar surface area (TPSA) is 44.4 Å². The van der Waals surface area contributed by atoms with Crippen molar-refractivity contribution in [2.45, 2.75) is 57.2 Å². The van der Waals surface area contributed by atoms with Crippen molar-refractivity contribution in [2.75, 3.05) is 32.7 Å². The van der Waals surface area contributed by atoms with Crippen molar-refractivity contribution in [3.05, 3.63) is 0 Å². The van der Waals surface area contributed by atoms with Gasteiger partial charge in [0.25, 0.3) is 0 Å². The van der Waals surface area contributed by atoms with Crippen LogP contribution in [0.3, 0.4) is 0 Å². The number of hydrogen-bond acceptors (Lipinski definition) is 3. The van der Waals surface area contributed by atoms with E-state index in [0.29, 0.717) is 26.2 Å². The second kappa shape index (κ2) is 8.87. The molecule has 23 heavy (non-hydrogen) atoms. The van der Waals surface area contributed by atoms with Gasteiger partial charge in [0.05, 0.1) is 0 Å². The molecule has 0 aromatic rings. The summed E-state index contributed by atoms with van der Waals surface area (Å²) in [5.41, 5.74) is 0. The summed E-state index contributed by atoms with van der Waals surface area (Å²) < 4.78 is 39.9. The first-order chi connectivity index (χ1) is 11.0. The SMILES string of the molecule is O=C(NCC(N1CCNCC1)C(F)(F)F)C1CCCCCCC1. The Balaban J connectivity index is 1.87. The molecule has 2 aliphatic rings. The summed E-state index contributed by atoms with van der Waals surface area (Å²) in [5.74, 6) is -0.316. The van der Waals surface area contributed by atoms with Crippen LogP contribution in [0.15, 0.2) is 0 Å². The molecule has 1 saturated carbocycles. The highest BCUT2D eigenvalue weighted by molar-refractivity contribution is 5.78. The van der Waals surface area contributed by atoms with Crippen molar-refractivity contribution >= 4 is 5.91 Å². The van der Waals surface area contributed by atoms with Crippen LogP contribution >= 0.6 is 0 Å². The van der Waals surface area contributed by atoms with Gasteiger partial charge >= 0.3 is 6.18 Å². The lowest BCUT2D eigenvalue weighted by Crippen LogP contribution is -2.57. The van der Waals surface area contributed by atoms with Crippen LogP contribution in [0, 0.1) is 5.92 Å². The Morgan fingerprint density at radius 1 is 1.09 bits per heavy atom. The van der Waals surface area contributed by atoms with Crippen LogP contribution < -0.4 is 10.6 Å². The molecular weight excluding hydrogens is 307 g/mol. The summed E-state index contributed by atoms with van der Waals surface area (Å²) in [6, 6.07) is -1.58. The molecule has 2 fully saturated rings. The number of alkyl halides is 3. The fraction of sp³-hybridized carbons (Fsp3) is 0.938. The Hall–Kier alpha value is -0.820. The number of nitrogens with zero attached hydrogens (tertiary/aromatic N) is 1. The quantitative estimate of drug-likeness (QED) is 0.829. The van der Waals surface area contributed by atoms with Crippen LogP contribution in [0.2, 0.25) is 0 Å². The Morgan fingerprint density at radius 3 is 2.22 bits per heavy atom. The summed E-state index contributed by atoms with van der Waals surface area (Å²) in [5, 5.41) is 5.64. The highest BCUT2D eigenvalue weighted by atomic mass is 19.4. The zero-order chi connectivity index (χ0) is 16.7. The summed E-state index contributed by atoms with van der Waals surface area (Å²) in [7, 11) is 0. The maximum Gasteiger partial charge on any atom is 0.405 e. The molecule has 2 rings (SSSR count). The Kier molecular flexibility index (Phi) is 7.14. The molecular formula is C16H28F3N3O. The molecule has 0 bridgehead atoms. The third-order valence-electron chi connectivity index (χ3n) is 4.92. The van der Waals surface area contributed by atoms with Gasteiger partial charge in [-0.3, -0.25) is 9.69 Å². The Morgan fingerprint density at radius 2 is 1.65 bits per heavy atom. The van der Waals surface area contributed by atoms with Crippen LogP contribution in [0.1, 0.15) is 44.9 Å². The fourth-order valence-corrected chi connectivity index (χ4v) is 3.51. The van der Waals surface area contributed by atoms with E-state index in [9.17, 15) is 18.0 Å². The lowest BCUT2D eigenvalue weighted by molar-refractivity contribution is -0.184. The third-order valence-corrected chi connectivity index (χ3v) is 4.92. The van der Waals surface area contributed by atoms with Gasteiger partial charge in [0.1, 0.15) is 6.04 Å². The average Bonchev–Trinajstić information content (AvgIpc) is 2.46. The van der Waals surface area contributed by atoms with Gasteiger partial charge in [-0.05, 0) is 12.8 Å². The second-order valence-corrected chi connectivity index (χ2v) is 6.63. The molecule has 0 spiro atoms. The lowest BCUT2D eigenvalue weighted by atomic mass is 9.90. The molecule has 1 unspecified atom stereocenters. The standard InChI is InChI=1S/C16H28F3N3O/c17-16(18,19)14(22-10-8-20-9-11-22)12-21-15(23)13-6-4-2-1-3-5-7-13/h13-14,20H,1-12H2,(H,21,23). The average molecular weight is 335 g/mol. The summed E-state index contributed by atoms with van der Waals surface area (Å²) in [4.78, 5) is 13.7. The number of amides is 1.